The molecule has 20 heavy (non-hydrogen) atoms. The van der Waals surface area contributed by atoms with E-state index in [0.29, 0.717) is 10.7 Å². The number of nitrogens with one attached hydrogen (secondary N) is 1. The van der Waals surface area contributed by atoms with Gasteiger partial charge >= 0.3 is 0 Å². The molecule has 4 heteroatoms. The molecule has 2 rings (SSSR count). The first-order chi connectivity index (χ1) is 9.51. The zero-order chi connectivity index (χ0) is 14.7. The lowest BCUT2D eigenvalue weighted by molar-refractivity contribution is 0.407. The van der Waals surface area contributed by atoms with Gasteiger partial charge in [0, 0.05) is 10.6 Å². The first kappa shape index (κ1) is 14.7. The lowest BCUT2D eigenvalue weighted by atomic mass is 10.0. The summed E-state index contributed by atoms with van der Waals surface area (Å²) >= 11 is 5.75. The summed E-state index contributed by atoms with van der Waals surface area (Å²) in [6.07, 6.45) is 0. The van der Waals surface area contributed by atoms with Crippen LogP contribution >= 0.6 is 11.6 Å². The van der Waals surface area contributed by atoms with Crippen LogP contribution in [0.15, 0.2) is 36.4 Å². The van der Waals surface area contributed by atoms with Gasteiger partial charge < -0.3 is 10.1 Å². The Balaban J connectivity index is 2.25. The van der Waals surface area contributed by atoms with Gasteiger partial charge in [0.1, 0.15) is 11.6 Å². The van der Waals surface area contributed by atoms with E-state index in [9.17, 15) is 4.39 Å². The Bertz CT molecular complexity index is 615. The predicted octanol–water partition coefficient (Wildman–Crippen LogP) is 4.97. The SMILES string of the molecule is COc1cc(C)ccc1C(C)Nc1ccc(Cl)cc1F. The summed E-state index contributed by atoms with van der Waals surface area (Å²) in [6.45, 7) is 3.96. The van der Waals surface area contributed by atoms with Crippen LogP contribution in [0.2, 0.25) is 5.02 Å². The highest BCUT2D eigenvalue weighted by molar-refractivity contribution is 6.30. The Morgan fingerprint density at radius 1 is 1.20 bits per heavy atom. The maximum Gasteiger partial charge on any atom is 0.147 e. The van der Waals surface area contributed by atoms with E-state index in [2.05, 4.69) is 5.32 Å². The van der Waals surface area contributed by atoms with Gasteiger partial charge in [-0.05, 0) is 43.7 Å². The fourth-order valence-corrected chi connectivity index (χ4v) is 2.25. The molecule has 0 radical (unpaired) electrons. The fraction of sp³-hybridized carbons (Fsp3) is 0.250. The molecular weight excluding hydrogens is 277 g/mol. The zero-order valence-corrected chi connectivity index (χ0v) is 12.5. The molecule has 0 saturated heterocycles. The van der Waals surface area contributed by atoms with Gasteiger partial charge in [0.15, 0.2) is 0 Å². The number of methoxy groups -OCH3 is 1. The van der Waals surface area contributed by atoms with Crippen LogP contribution in [0.1, 0.15) is 24.1 Å². The van der Waals surface area contributed by atoms with Gasteiger partial charge in [-0.1, -0.05) is 23.7 Å². The minimum atomic E-state index is -0.365. The Morgan fingerprint density at radius 2 is 1.95 bits per heavy atom. The second-order valence-corrected chi connectivity index (χ2v) is 5.17. The molecule has 2 aromatic carbocycles. The molecule has 0 saturated carbocycles. The van der Waals surface area contributed by atoms with Crippen molar-refractivity contribution < 1.29 is 9.13 Å². The van der Waals surface area contributed by atoms with Crippen molar-refractivity contribution >= 4 is 17.3 Å². The number of aryl methyl sites for hydroxylation is 1. The van der Waals surface area contributed by atoms with Crippen molar-refractivity contribution in [1.82, 2.24) is 0 Å². The molecule has 0 bridgehead atoms. The van der Waals surface area contributed by atoms with Crippen LogP contribution in [0.25, 0.3) is 0 Å². The number of rotatable bonds is 4. The molecule has 0 aliphatic heterocycles. The summed E-state index contributed by atoms with van der Waals surface area (Å²) in [7, 11) is 1.63. The number of hydrogen-bond donors (Lipinski definition) is 1. The molecule has 1 unspecified atom stereocenters. The molecule has 1 N–H and O–H groups in total. The highest BCUT2D eigenvalue weighted by Gasteiger charge is 2.13. The van der Waals surface area contributed by atoms with Crippen molar-refractivity contribution in [3.8, 4) is 5.75 Å². The smallest absolute Gasteiger partial charge is 0.147 e. The van der Waals surface area contributed by atoms with Gasteiger partial charge in [-0.25, -0.2) is 4.39 Å². The highest BCUT2D eigenvalue weighted by atomic mass is 35.5. The number of anilines is 1. The van der Waals surface area contributed by atoms with E-state index < -0.39 is 0 Å². The van der Waals surface area contributed by atoms with Crippen LogP contribution in [-0.4, -0.2) is 7.11 Å². The normalized spacial score (nSPS) is 12.1. The molecule has 1 atom stereocenters. The zero-order valence-electron chi connectivity index (χ0n) is 11.7. The number of benzene rings is 2. The number of halogens is 2. The van der Waals surface area contributed by atoms with Crippen molar-refractivity contribution in [1.29, 1.82) is 0 Å². The van der Waals surface area contributed by atoms with Crippen LogP contribution in [0.3, 0.4) is 0 Å². The molecule has 0 spiro atoms. The van der Waals surface area contributed by atoms with E-state index >= 15 is 0 Å². The lowest BCUT2D eigenvalue weighted by Gasteiger charge is -2.19. The molecule has 0 aliphatic carbocycles. The summed E-state index contributed by atoms with van der Waals surface area (Å²) < 4.78 is 19.2. The molecule has 0 heterocycles. The van der Waals surface area contributed by atoms with Crippen molar-refractivity contribution in [2.45, 2.75) is 19.9 Å². The topological polar surface area (TPSA) is 21.3 Å². The third kappa shape index (κ3) is 3.23. The van der Waals surface area contributed by atoms with Crippen molar-refractivity contribution in [3.63, 3.8) is 0 Å². The van der Waals surface area contributed by atoms with Crippen LogP contribution in [0.4, 0.5) is 10.1 Å². The Hall–Kier alpha value is -1.74. The summed E-state index contributed by atoms with van der Waals surface area (Å²) in [6, 6.07) is 10.5. The first-order valence-electron chi connectivity index (χ1n) is 6.37. The maximum atomic E-state index is 13.8. The largest absolute Gasteiger partial charge is 0.496 e. The summed E-state index contributed by atoms with van der Waals surface area (Å²) in [5.74, 6) is 0.426. The standard InChI is InChI=1S/C16H17ClFNO/c1-10-4-6-13(16(8-10)20-3)11(2)19-15-7-5-12(17)9-14(15)18/h4-9,11,19H,1-3H3. The Labute approximate surface area is 123 Å². The summed E-state index contributed by atoms with van der Waals surface area (Å²) in [4.78, 5) is 0. The molecule has 106 valence electrons. The first-order valence-corrected chi connectivity index (χ1v) is 6.75. The highest BCUT2D eigenvalue weighted by Crippen LogP contribution is 2.30. The van der Waals surface area contributed by atoms with Crippen molar-refractivity contribution in [3.05, 3.63) is 58.4 Å². The van der Waals surface area contributed by atoms with Crippen molar-refractivity contribution in [2.24, 2.45) is 0 Å². The predicted molar refractivity (Wildman–Crippen MR) is 81.2 cm³/mol. The summed E-state index contributed by atoms with van der Waals surface area (Å²) in [5.41, 5.74) is 2.52. The molecule has 0 aliphatic rings. The van der Waals surface area contributed by atoms with E-state index in [1.165, 1.54) is 6.07 Å². The number of hydrogen-bond acceptors (Lipinski definition) is 2. The van der Waals surface area contributed by atoms with Gasteiger partial charge in [0.25, 0.3) is 0 Å². The van der Waals surface area contributed by atoms with Crippen LogP contribution < -0.4 is 10.1 Å². The van der Waals surface area contributed by atoms with Gasteiger partial charge in [0.2, 0.25) is 0 Å². The molecule has 0 aromatic heterocycles. The quantitative estimate of drug-likeness (QED) is 0.859. The van der Waals surface area contributed by atoms with E-state index in [0.717, 1.165) is 16.9 Å². The average Bonchev–Trinajstić information content (AvgIpc) is 2.41. The molecular formula is C16H17ClFNO. The van der Waals surface area contributed by atoms with Crippen LogP contribution in [0.5, 0.6) is 5.75 Å². The minimum Gasteiger partial charge on any atom is -0.496 e. The number of ether oxygens (including phenoxy) is 1. The second kappa shape index (κ2) is 6.14. The lowest BCUT2D eigenvalue weighted by Crippen LogP contribution is -2.09. The third-order valence-electron chi connectivity index (χ3n) is 3.16. The van der Waals surface area contributed by atoms with Gasteiger partial charge in [-0.15, -0.1) is 0 Å². The van der Waals surface area contributed by atoms with Gasteiger partial charge in [-0.3, -0.25) is 0 Å². The van der Waals surface area contributed by atoms with Crippen molar-refractivity contribution in [2.75, 3.05) is 12.4 Å². The fourth-order valence-electron chi connectivity index (χ4n) is 2.09. The Kier molecular flexibility index (Phi) is 4.50. The van der Waals surface area contributed by atoms with Crippen LogP contribution in [0, 0.1) is 12.7 Å². The van der Waals surface area contributed by atoms with E-state index in [1.807, 2.05) is 32.0 Å². The molecule has 0 amide bonds. The minimum absolute atomic E-state index is 0.0822. The summed E-state index contributed by atoms with van der Waals surface area (Å²) in [5, 5.41) is 3.52. The Morgan fingerprint density at radius 3 is 2.60 bits per heavy atom. The molecule has 2 nitrogen and oxygen atoms in total. The van der Waals surface area contributed by atoms with Gasteiger partial charge in [-0.2, -0.15) is 0 Å². The maximum absolute atomic E-state index is 13.8. The van der Waals surface area contributed by atoms with E-state index in [4.69, 9.17) is 16.3 Å². The monoisotopic (exact) mass is 293 g/mol. The van der Waals surface area contributed by atoms with E-state index in [-0.39, 0.29) is 11.9 Å². The van der Waals surface area contributed by atoms with E-state index in [1.54, 1.807) is 19.2 Å². The van der Waals surface area contributed by atoms with Crippen LogP contribution in [-0.2, 0) is 0 Å². The molecule has 0 fully saturated rings. The third-order valence-corrected chi connectivity index (χ3v) is 3.39. The van der Waals surface area contributed by atoms with Gasteiger partial charge in [0.05, 0.1) is 18.8 Å². The molecule has 2 aromatic rings. The second-order valence-electron chi connectivity index (χ2n) is 4.74. The average molecular weight is 294 g/mol.